The zero-order valence-electron chi connectivity index (χ0n) is 13.9. The summed E-state index contributed by atoms with van der Waals surface area (Å²) < 4.78 is 0. The standard InChI is InChI=1S/C17H30N2O3/c1-17(2,3)15-6-4-5-12(15)7-8-13(18)10-19-14(11-20)9-16(21)22/h7-8,11-15,19H,4-6,9-10,18H2,1-3H3,(H,21,22)/t12?,13?,14-,15?/m0/s1. The molecule has 1 aliphatic rings. The van der Waals surface area contributed by atoms with Gasteiger partial charge in [0.1, 0.15) is 6.29 Å². The number of aldehydes is 1. The summed E-state index contributed by atoms with van der Waals surface area (Å²) in [4.78, 5) is 21.4. The van der Waals surface area contributed by atoms with Crippen molar-refractivity contribution >= 4 is 12.3 Å². The van der Waals surface area contributed by atoms with Gasteiger partial charge in [0.25, 0.3) is 0 Å². The molecule has 22 heavy (non-hydrogen) atoms. The second kappa shape index (κ2) is 8.44. The monoisotopic (exact) mass is 310 g/mol. The van der Waals surface area contributed by atoms with Gasteiger partial charge in [-0.25, -0.2) is 0 Å². The van der Waals surface area contributed by atoms with Crippen LogP contribution in [0.15, 0.2) is 12.2 Å². The summed E-state index contributed by atoms with van der Waals surface area (Å²) in [5.41, 5.74) is 6.33. The Hall–Kier alpha value is -1.20. The van der Waals surface area contributed by atoms with E-state index in [0.29, 0.717) is 30.1 Å². The van der Waals surface area contributed by atoms with E-state index >= 15 is 0 Å². The fourth-order valence-corrected chi connectivity index (χ4v) is 3.29. The molecule has 126 valence electrons. The summed E-state index contributed by atoms with van der Waals surface area (Å²) in [6.07, 6.45) is 8.33. The SMILES string of the molecule is CC(C)(C)C1CCCC1C=CC(N)CN[C@H](C=O)CC(=O)O. The summed E-state index contributed by atoms with van der Waals surface area (Å²) in [5.74, 6) is 0.248. The van der Waals surface area contributed by atoms with Gasteiger partial charge in [0, 0.05) is 12.6 Å². The summed E-state index contributed by atoms with van der Waals surface area (Å²) in [5, 5.41) is 11.6. The molecule has 0 amide bonds. The van der Waals surface area contributed by atoms with E-state index in [0.717, 1.165) is 0 Å². The van der Waals surface area contributed by atoms with E-state index in [1.165, 1.54) is 19.3 Å². The first-order chi connectivity index (χ1) is 10.2. The number of allylic oxidation sites excluding steroid dienone is 1. The molecule has 0 aliphatic heterocycles. The Morgan fingerprint density at radius 3 is 2.64 bits per heavy atom. The van der Waals surface area contributed by atoms with Gasteiger partial charge in [-0.05, 0) is 30.1 Å². The molecule has 0 spiro atoms. The molecule has 5 nitrogen and oxygen atoms in total. The third-order valence-electron chi connectivity index (χ3n) is 4.46. The van der Waals surface area contributed by atoms with Crippen LogP contribution in [0.25, 0.3) is 0 Å². The highest BCUT2D eigenvalue weighted by Gasteiger charge is 2.34. The third kappa shape index (κ3) is 6.28. The zero-order chi connectivity index (χ0) is 16.8. The zero-order valence-corrected chi connectivity index (χ0v) is 13.9. The molecule has 0 bridgehead atoms. The summed E-state index contributed by atoms with van der Waals surface area (Å²) in [6, 6.07) is -0.886. The number of hydrogen-bond acceptors (Lipinski definition) is 4. The Labute approximate surface area is 133 Å². The van der Waals surface area contributed by atoms with Crippen molar-refractivity contribution in [2.45, 2.75) is 58.5 Å². The maximum absolute atomic E-state index is 10.8. The second-order valence-electron chi connectivity index (χ2n) is 7.36. The Morgan fingerprint density at radius 2 is 2.09 bits per heavy atom. The minimum absolute atomic E-state index is 0.211. The van der Waals surface area contributed by atoms with Crippen molar-refractivity contribution in [2.24, 2.45) is 23.0 Å². The van der Waals surface area contributed by atoms with Crippen LogP contribution < -0.4 is 11.1 Å². The Kier molecular flexibility index (Phi) is 7.23. The maximum atomic E-state index is 10.8. The minimum atomic E-state index is -0.993. The van der Waals surface area contributed by atoms with Crippen molar-refractivity contribution in [1.82, 2.24) is 5.32 Å². The molecule has 0 aromatic carbocycles. The number of carbonyl (C=O) groups is 2. The average molecular weight is 310 g/mol. The molecule has 1 aliphatic carbocycles. The van der Waals surface area contributed by atoms with E-state index in [1.807, 2.05) is 6.08 Å². The summed E-state index contributed by atoms with van der Waals surface area (Å²) in [7, 11) is 0. The van der Waals surface area contributed by atoms with Crippen LogP contribution in [0.1, 0.15) is 46.5 Å². The van der Waals surface area contributed by atoms with Crippen LogP contribution in [0.2, 0.25) is 0 Å². The van der Waals surface area contributed by atoms with Gasteiger partial charge in [-0.2, -0.15) is 0 Å². The highest BCUT2D eigenvalue weighted by Crippen LogP contribution is 2.43. The predicted molar refractivity (Wildman–Crippen MR) is 87.5 cm³/mol. The van der Waals surface area contributed by atoms with Crippen molar-refractivity contribution < 1.29 is 14.7 Å². The van der Waals surface area contributed by atoms with Crippen molar-refractivity contribution in [2.75, 3.05) is 6.54 Å². The number of nitrogens with two attached hydrogens (primary N) is 1. The number of aliphatic carboxylic acids is 1. The number of hydrogen-bond donors (Lipinski definition) is 3. The molecule has 4 atom stereocenters. The highest BCUT2D eigenvalue weighted by molar-refractivity contribution is 5.73. The largest absolute Gasteiger partial charge is 0.481 e. The smallest absolute Gasteiger partial charge is 0.305 e. The van der Waals surface area contributed by atoms with E-state index < -0.39 is 12.0 Å². The van der Waals surface area contributed by atoms with E-state index in [9.17, 15) is 9.59 Å². The molecule has 0 saturated heterocycles. The van der Waals surface area contributed by atoms with Crippen LogP contribution in [0.4, 0.5) is 0 Å². The lowest BCUT2D eigenvalue weighted by atomic mass is 9.74. The first-order valence-electron chi connectivity index (χ1n) is 8.08. The van der Waals surface area contributed by atoms with Crippen molar-refractivity contribution in [3.05, 3.63) is 12.2 Å². The average Bonchev–Trinajstić information content (AvgIpc) is 2.89. The molecule has 0 radical (unpaired) electrons. The van der Waals surface area contributed by atoms with Crippen molar-refractivity contribution in [3.8, 4) is 0 Å². The normalized spacial score (nSPS) is 25.3. The number of rotatable bonds is 8. The van der Waals surface area contributed by atoms with Crippen LogP contribution in [0.5, 0.6) is 0 Å². The molecule has 4 N–H and O–H groups in total. The van der Waals surface area contributed by atoms with Crippen molar-refractivity contribution in [3.63, 3.8) is 0 Å². The van der Waals surface area contributed by atoms with Crippen LogP contribution in [0.3, 0.4) is 0 Å². The molecule has 0 aromatic rings. The van der Waals surface area contributed by atoms with E-state index in [2.05, 4.69) is 32.2 Å². The van der Waals surface area contributed by atoms with Gasteiger partial charge in [-0.3, -0.25) is 4.79 Å². The lowest BCUT2D eigenvalue weighted by molar-refractivity contribution is -0.138. The Bertz CT molecular complexity index is 401. The fourth-order valence-electron chi connectivity index (χ4n) is 3.29. The predicted octanol–water partition coefficient (Wildman–Crippen LogP) is 1.96. The molecule has 0 heterocycles. The third-order valence-corrected chi connectivity index (χ3v) is 4.46. The first-order valence-corrected chi connectivity index (χ1v) is 8.08. The minimum Gasteiger partial charge on any atom is -0.481 e. The molecule has 1 fully saturated rings. The first kappa shape index (κ1) is 18.8. The number of nitrogens with one attached hydrogen (secondary N) is 1. The van der Waals surface area contributed by atoms with Gasteiger partial charge in [0.2, 0.25) is 0 Å². The maximum Gasteiger partial charge on any atom is 0.305 e. The highest BCUT2D eigenvalue weighted by atomic mass is 16.4. The van der Waals surface area contributed by atoms with Crippen molar-refractivity contribution in [1.29, 1.82) is 0 Å². The van der Waals surface area contributed by atoms with E-state index in [4.69, 9.17) is 10.8 Å². The molecular weight excluding hydrogens is 280 g/mol. The lowest BCUT2D eigenvalue weighted by Crippen LogP contribution is -2.40. The van der Waals surface area contributed by atoms with Crippen LogP contribution in [0, 0.1) is 17.3 Å². The summed E-state index contributed by atoms with van der Waals surface area (Å²) >= 11 is 0. The van der Waals surface area contributed by atoms with Crippen LogP contribution >= 0.6 is 0 Å². The number of carboxylic acids is 1. The number of carbonyl (C=O) groups excluding carboxylic acids is 1. The van der Waals surface area contributed by atoms with Gasteiger partial charge in [-0.1, -0.05) is 39.3 Å². The van der Waals surface area contributed by atoms with Gasteiger partial charge < -0.3 is 21.0 Å². The topological polar surface area (TPSA) is 92.4 Å². The second-order valence-corrected chi connectivity index (χ2v) is 7.36. The van der Waals surface area contributed by atoms with E-state index in [-0.39, 0.29) is 12.5 Å². The molecule has 1 saturated carbocycles. The van der Waals surface area contributed by atoms with Crippen LogP contribution in [-0.4, -0.2) is 36.0 Å². The molecule has 5 heteroatoms. The Morgan fingerprint density at radius 1 is 1.41 bits per heavy atom. The molecule has 0 aromatic heterocycles. The van der Waals surface area contributed by atoms with E-state index in [1.54, 1.807) is 0 Å². The number of carboxylic acid groups (broad SMARTS) is 1. The quantitative estimate of drug-likeness (QED) is 0.471. The molecule has 1 rings (SSSR count). The lowest BCUT2D eigenvalue weighted by Gasteiger charge is -2.31. The molecular formula is C17H30N2O3. The Balaban J connectivity index is 2.45. The van der Waals surface area contributed by atoms with Gasteiger partial charge in [0.15, 0.2) is 0 Å². The van der Waals surface area contributed by atoms with Gasteiger partial charge in [-0.15, -0.1) is 0 Å². The fraction of sp³-hybridized carbons (Fsp3) is 0.765. The van der Waals surface area contributed by atoms with Gasteiger partial charge in [0.05, 0.1) is 12.5 Å². The summed E-state index contributed by atoms with van der Waals surface area (Å²) in [6.45, 7) is 7.25. The van der Waals surface area contributed by atoms with Gasteiger partial charge >= 0.3 is 5.97 Å². The molecule has 3 unspecified atom stereocenters. The van der Waals surface area contributed by atoms with Crippen LogP contribution in [-0.2, 0) is 9.59 Å².